The Morgan fingerprint density at radius 3 is 2.94 bits per heavy atom. The zero-order valence-corrected chi connectivity index (χ0v) is 10.4. The summed E-state index contributed by atoms with van der Waals surface area (Å²) in [5.41, 5.74) is 1.20. The van der Waals surface area contributed by atoms with Gasteiger partial charge in [0.2, 0.25) is 0 Å². The van der Waals surface area contributed by atoms with Crippen molar-refractivity contribution >= 4 is 0 Å². The molecule has 1 aromatic heterocycles. The highest BCUT2D eigenvalue weighted by Gasteiger charge is 2.41. The number of likely N-dealkylation sites (tertiary alicyclic amines) is 1. The van der Waals surface area contributed by atoms with Gasteiger partial charge >= 0.3 is 0 Å². The van der Waals surface area contributed by atoms with Gasteiger partial charge in [-0.3, -0.25) is 0 Å². The van der Waals surface area contributed by atoms with E-state index in [0.29, 0.717) is 5.92 Å². The number of likely N-dealkylation sites (N-methyl/N-ethyl adjacent to an activating group) is 1. The molecule has 0 amide bonds. The van der Waals surface area contributed by atoms with Gasteiger partial charge in [-0.15, -0.1) is 0 Å². The molecule has 2 heterocycles. The first-order valence-electron chi connectivity index (χ1n) is 6.58. The number of H-pyrrole nitrogens is 1. The first-order chi connectivity index (χ1) is 8.23. The Hall–Kier alpha value is -0.870. The normalized spacial score (nSPS) is 28.2. The number of imidazole rings is 1. The predicted molar refractivity (Wildman–Crippen MR) is 66.1 cm³/mol. The molecular formula is C13H21N3O. The molecule has 2 N–H and O–H groups in total. The van der Waals surface area contributed by atoms with Crippen molar-refractivity contribution in [3.8, 4) is 0 Å². The van der Waals surface area contributed by atoms with E-state index in [1.807, 2.05) is 6.20 Å². The fourth-order valence-electron chi connectivity index (χ4n) is 3.07. The molecule has 1 aliphatic carbocycles. The zero-order valence-electron chi connectivity index (χ0n) is 10.4. The molecule has 0 bridgehead atoms. The third-order valence-electron chi connectivity index (χ3n) is 4.54. The lowest BCUT2D eigenvalue weighted by molar-refractivity contribution is 0.113. The van der Waals surface area contributed by atoms with Crippen molar-refractivity contribution in [1.29, 1.82) is 0 Å². The molecule has 1 aromatic rings. The molecule has 1 saturated heterocycles. The van der Waals surface area contributed by atoms with Gasteiger partial charge in [-0.2, -0.15) is 0 Å². The van der Waals surface area contributed by atoms with E-state index in [1.54, 1.807) is 0 Å². The SMILES string of the molecule is CN1CCC(c2cnc(C3(CO)CCC3)[nH]2)C1. The van der Waals surface area contributed by atoms with Crippen LogP contribution >= 0.6 is 0 Å². The molecule has 3 rings (SSSR count). The van der Waals surface area contributed by atoms with Crippen LogP contribution in [0, 0.1) is 0 Å². The van der Waals surface area contributed by atoms with Crippen LogP contribution in [0.4, 0.5) is 0 Å². The highest BCUT2D eigenvalue weighted by atomic mass is 16.3. The Balaban J connectivity index is 1.78. The third kappa shape index (κ3) is 1.79. The molecule has 2 aliphatic rings. The summed E-state index contributed by atoms with van der Waals surface area (Å²) in [6.45, 7) is 2.52. The summed E-state index contributed by atoms with van der Waals surface area (Å²) in [7, 11) is 2.17. The number of nitrogens with zero attached hydrogens (tertiary/aromatic N) is 2. The van der Waals surface area contributed by atoms with Gasteiger partial charge in [0, 0.05) is 24.4 Å². The van der Waals surface area contributed by atoms with E-state index < -0.39 is 0 Å². The minimum atomic E-state index is -0.0528. The van der Waals surface area contributed by atoms with Gasteiger partial charge in [0.05, 0.1) is 12.0 Å². The van der Waals surface area contributed by atoms with Crippen LogP contribution in [0.5, 0.6) is 0 Å². The lowest BCUT2D eigenvalue weighted by atomic mass is 9.69. The van der Waals surface area contributed by atoms with Crippen molar-refractivity contribution in [3.05, 3.63) is 17.7 Å². The average molecular weight is 235 g/mol. The molecule has 0 radical (unpaired) electrons. The smallest absolute Gasteiger partial charge is 0.114 e. The van der Waals surface area contributed by atoms with Gasteiger partial charge in [-0.1, -0.05) is 6.42 Å². The van der Waals surface area contributed by atoms with Gasteiger partial charge in [0.15, 0.2) is 0 Å². The maximum atomic E-state index is 9.54. The summed E-state index contributed by atoms with van der Waals surface area (Å²) in [5.74, 6) is 1.60. The van der Waals surface area contributed by atoms with E-state index in [1.165, 1.54) is 25.1 Å². The maximum absolute atomic E-state index is 9.54. The first kappa shape index (κ1) is 11.2. The quantitative estimate of drug-likeness (QED) is 0.829. The Kier molecular flexibility index (Phi) is 2.71. The minimum absolute atomic E-state index is 0.0528. The maximum Gasteiger partial charge on any atom is 0.114 e. The van der Waals surface area contributed by atoms with E-state index in [0.717, 1.165) is 25.2 Å². The molecule has 94 valence electrons. The molecular weight excluding hydrogens is 214 g/mol. The second-order valence-electron chi connectivity index (χ2n) is 5.73. The van der Waals surface area contributed by atoms with E-state index in [4.69, 9.17) is 0 Å². The fourth-order valence-corrected chi connectivity index (χ4v) is 3.07. The van der Waals surface area contributed by atoms with Crippen LogP contribution in [-0.2, 0) is 5.41 Å². The van der Waals surface area contributed by atoms with Crippen LogP contribution in [0.2, 0.25) is 0 Å². The zero-order chi connectivity index (χ0) is 11.9. The van der Waals surface area contributed by atoms with Crippen molar-refractivity contribution in [2.24, 2.45) is 0 Å². The van der Waals surface area contributed by atoms with Crippen LogP contribution in [-0.4, -0.2) is 46.7 Å². The molecule has 1 aliphatic heterocycles. The molecule has 1 unspecified atom stereocenters. The average Bonchev–Trinajstić information content (AvgIpc) is 2.86. The van der Waals surface area contributed by atoms with Gasteiger partial charge in [0.1, 0.15) is 5.82 Å². The number of nitrogens with one attached hydrogen (secondary N) is 1. The molecule has 1 saturated carbocycles. The third-order valence-corrected chi connectivity index (χ3v) is 4.54. The number of aromatic amines is 1. The number of rotatable bonds is 3. The van der Waals surface area contributed by atoms with Gasteiger partial charge in [0.25, 0.3) is 0 Å². The lowest BCUT2D eigenvalue weighted by Crippen LogP contribution is -2.39. The molecule has 4 heteroatoms. The van der Waals surface area contributed by atoms with Crippen LogP contribution in [0.25, 0.3) is 0 Å². The van der Waals surface area contributed by atoms with Crippen molar-refractivity contribution in [2.75, 3.05) is 26.7 Å². The van der Waals surface area contributed by atoms with Crippen LogP contribution in [0.15, 0.2) is 6.20 Å². The van der Waals surface area contributed by atoms with Gasteiger partial charge in [-0.05, 0) is 32.9 Å². The molecule has 1 atom stereocenters. The number of hydrogen-bond donors (Lipinski definition) is 2. The molecule has 0 spiro atoms. The molecule has 4 nitrogen and oxygen atoms in total. The Labute approximate surface area is 102 Å². The molecule has 0 aromatic carbocycles. The van der Waals surface area contributed by atoms with Crippen molar-refractivity contribution in [3.63, 3.8) is 0 Å². The summed E-state index contributed by atoms with van der Waals surface area (Å²) in [6.07, 6.45) is 6.55. The van der Waals surface area contributed by atoms with Gasteiger partial charge in [-0.25, -0.2) is 4.98 Å². The largest absolute Gasteiger partial charge is 0.395 e. The summed E-state index contributed by atoms with van der Waals surface area (Å²) >= 11 is 0. The monoisotopic (exact) mass is 235 g/mol. The summed E-state index contributed by atoms with van der Waals surface area (Å²) in [5, 5.41) is 9.54. The van der Waals surface area contributed by atoms with Crippen molar-refractivity contribution < 1.29 is 5.11 Å². The Morgan fingerprint density at radius 1 is 1.59 bits per heavy atom. The topological polar surface area (TPSA) is 52.1 Å². The van der Waals surface area contributed by atoms with E-state index in [2.05, 4.69) is 21.9 Å². The Bertz CT molecular complexity index is 392. The number of aliphatic hydroxyl groups excluding tert-OH is 1. The van der Waals surface area contributed by atoms with E-state index in [-0.39, 0.29) is 12.0 Å². The van der Waals surface area contributed by atoms with E-state index in [9.17, 15) is 5.11 Å². The highest BCUT2D eigenvalue weighted by molar-refractivity contribution is 5.19. The second kappa shape index (κ2) is 4.10. The first-order valence-corrected chi connectivity index (χ1v) is 6.58. The second-order valence-corrected chi connectivity index (χ2v) is 5.73. The number of aromatic nitrogens is 2. The fraction of sp³-hybridized carbons (Fsp3) is 0.769. The summed E-state index contributed by atoms with van der Waals surface area (Å²) < 4.78 is 0. The standard InChI is InChI=1S/C13H21N3O/c1-16-6-3-10(8-16)11-7-14-12(15-11)13(9-17)4-2-5-13/h7,10,17H,2-6,8-9H2,1H3,(H,14,15). The van der Waals surface area contributed by atoms with Gasteiger partial charge < -0.3 is 15.0 Å². The van der Waals surface area contributed by atoms with Crippen molar-refractivity contribution in [1.82, 2.24) is 14.9 Å². The lowest BCUT2D eigenvalue weighted by Gasteiger charge is -2.38. The summed E-state index contributed by atoms with van der Waals surface area (Å²) in [6, 6.07) is 0. The minimum Gasteiger partial charge on any atom is -0.395 e. The molecule has 17 heavy (non-hydrogen) atoms. The van der Waals surface area contributed by atoms with Crippen LogP contribution < -0.4 is 0 Å². The molecule has 2 fully saturated rings. The highest BCUT2D eigenvalue weighted by Crippen LogP contribution is 2.42. The number of hydrogen-bond acceptors (Lipinski definition) is 3. The summed E-state index contributed by atoms with van der Waals surface area (Å²) in [4.78, 5) is 10.3. The van der Waals surface area contributed by atoms with Crippen LogP contribution in [0.3, 0.4) is 0 Å². The Morgan fingerprint density at radius 2 is 2.41 bits per heavy atom. The number of aliphatic hydroxyl groups is 1. The van der Waals surface area contributed by atoms with E-state index >= 15 is 0 Å². The van der Waals surface area contributed by atoms with Crippen molar-refractivity contribution in [2.45, 2.75) is 37.0 Å². The van der Waals surface area contributed by atoms with Crippen LogP contribution in [0.1, 0.15) is 43.1 Å². The predicted octanol–water partition coefficient (Wildman–Crippen LogP) is 1.24.